The first kappa shape index (κ1) is 19.1. The van der Waals surface area contributed by atoms with Gasteiger partial charge in [0.1, 0.15) is 11.3 Å². The second-order valence-corrected chi connectivity index (χ2v) is 7.23. The van der Waals surface area contributed by atoms with E-state index in [1.165, 1.54) is 0 Å². The maximum atomic E-state index is 12.7. The van der Waals surface area contributed by atoms with Crippen molar-refractivity contribution in [2.24, 2.45) is 0 Å². The highest BCUT2D eigenvalue weighted by molar-refractivity contribution is 5.96. The van der Waals surface area contributed by atoms with E-state index in [1.807, 2.05) is 49.4 Å². The Morgan fingerprint density at radius 3 is 2.48 bits per heavy atom. The predicted octanol–water partition coefficient (Wildman–Crippen LogP) is 4.10. The number of methoxy groups -OCH3 is 1. The Hall–Kier alpha value is -3.28. The third kappa shape index (κ3) is 4.11. The quantitative estimate of drug-likeness (QED) is 0.566. The van der Waals surface area contributed by atoms with Gasteiger partial charge in [-0.2, -0.15) is 0 Å². The molecule has 2 aromatic carbocycles. The number of para-hydroxylation sites is 1. The number of ether oxygens (including phenoxy) is 2. The van der Waals surface area contributed by atoms with Crippen molar-refractivity contribution in [2.75, 3.05) is 13.7 Å². The SMILES string of the molecule is COc1ccc(CN(C(=O)COC(=O)c2oc3ccccc3c2C)C2CC2)cc1. The molecule has 1 aliphatic carbocycles. The Morgan fingerprint density at radius 1 is 1.10 bits per heavy atom. The number of amides is 1. The van der Waals surface area contributed by atoms with E-state index in [-0.39, 0.29) is 24.3 Å². The van der Waals surface area contributed by atoms with Crippen LogP contribution < -0.4 is 4.74 Å². The minimum atomic E-state index is -0.618. The molecule has 0 bridgehead atoms. The van der Waals surface area contributed by atoms with E-state index in [1.54, 1.807) is 18.1 Å². The molecule has 0 radical (unpaired) electrons. The molecule has 1 saturated carbocycles. The first-order chi connectivity index (χ1) is 14.1. The summed E-state index contributed by atoms with van der Waals surface area (Å²) < 4.78 is 16.1. The lowest BCUT2D eigenvalue weighted by atomic mass is 10.1. The maximum Gasteiger partial charge on any atom is 0.375 e. The van der Waals surface area contributed by atoms with Gasteiger partial charge in [0.15, 0.2) is 6.61 Å². The third-order valence-electron chi connectivity index (χ3n) is 5.18. The fraction of sp³-hybridized carbons (Fsp3) is 0.304. The van der Waals surface area contributed by atoms with E-state index < -0.39 is 5.97 Å². The highest BCUT2D eigenvalue weighted by atomic mass is 16.5. The molecule has 0 saturated heterocycles. The number of carbonyl (C=O) groups is 2. The normalized spacial score (nSPS) is 13.3. The number of nitrogens with zero attached hydrogens (tertiary/aromatic N) is 1. The molecule has 150 valence electrons. The number of rotatable bonds is 7. The van der Waals surface area contributed by atoms with E-state index >= 15 is 0 Å². The van der Waals surface area contributed by atoms with Gasteiger partial charge in [-0.05, 0) is 43.5 Å². The monoisotopic (exact) mass is 393 g/mol. The van der Waals surface area contributed by atoms with Crippen molar-refractivity contribution in [1.82, 2.24) is 4.90 Å². The number of benzene rings is 2. The predicted molar refractivity (Wildman–Crippen MR) is 108 cm³/mol. The summed E-state index contributed by atoms with van der Waals surface area (Å²) in [6, 6.07) is 15.2. The molecule has 0 N–H and O–H groups in total. The molecule has 0 aliphatic heterocycles. The van der Waals surface area contributed by atoms with Gasteiger partial charge in [0.2, 0.25) is 5.76 Å². The van der Waals surface area contributed by atoms with Crippen LogP contribution in [0.4, 0.5) is 0 Å². The highest BCUT2D eigenvalue weighted by Crippen LogP contribution is 2.29. The minimum absolute atomic E-state index is 0.145. The van der Waals surface area contributed by atoms with Crippen LogP contribution in [0.25, 0.3) is 11.0 Å². The van der Waals surface area contributed by atoms with Crippen LogP contribution in [0.2, 0.25) is 0 Å². The van der Waals surface area contributed by atoms with Gasteiger partial charge < -0.3 is 18.8 Å². The van der Waals surface area contributed by atoms with Crippen molar-refractivity contribution in [3.05, 3.63) is 65.4 Å². The zero-order valence-electron chi connectivity index (χ0n) is 16.5. The Morgan fingerprint density at radius 2 is 1.83 bits per heavy atom. The lowest BCUT2D eigenvalue weighted by molar-refractivity contribution is -0.135. The number of fused-ring (bicyclic) bond motifs is 1. The average Bonchev–Trinajstić information content (AvgIpc) is 3.54. The smallest absolute Gasteiger partial charge is 0.375 e. The van der Waals surface area contributed by atoms with Gasteiger partial charge in [0.05, 0.1) is 7.11 Å². The van der Waals surface area contributed by atoms with Crippen molar-refractivity contribution in [3.63, 3.8) is 0 Å². The standard InChI is InChI=1S/C23H23NO5/c1-15-19-5-3-4-6-20(19)29-22(15)23(26)28-14-21(25)24(17-9-10-17)13-16-7-11-18(27-2)12-8-16/h3-8,11-12,17H,9-10,13-14H2,1-2H3. The summed E-state index contributed by atoms with van der Waals surface area (Å²) in [5.41, 5.74) is 2.35. The molecular formula is C23H23NO5. The van der Waals surface area contributed by atoms with Gasteiger partial charge in [0.25, 0.3) is 5.91 Å². The molecule has 6 heteroatoms. The number of hydrogen-bond donors (Lipinski definition) is 0. The van der Waals surface area contributed by atoms with E-state index in [2.05, 4.69) is 0 Å². The topological polar surface area (TPSA) is 69.0 Å². The van der Waals surface area contributed by atoms with E-state index in [0.29, 0.717) is 12.1 Å². The van der Waals surface area contributed by atoms with Gasteiger partial charge >= 0.3 is 5.97 Å². The highest BCUT2D eigenvalue weighted by Gasteiger charge is 2.33. The number of carbonyl (C=O) groups excluding carboxylic acids is 2. The number of hydrogen-bond acceptors (Lipinski definition) is 5. The molecule has 1 aliphatic rings. The molecule has 4 rings (SSSR count). The van der Waals surface area contributed by atoms with Crippen LogP contribution in [-0.2, 0) is 16.1 Å². The van der Waals surface area contributed by atoms with Crippen LogP contribution in [0.1, 0.15) is 34.5 Å². The van der Waals surface area contributed by atoms with Crippen molar-refractivity contribution in [1.29, 1.82) is 0 Å². The van der Waals surface area contributed by atoms with E-state index in [9.17, 15) is 9.59 Å². The molecule has 3 aromatic rings. The number of esters is 1. The molecular weight excluding hydrogens is 370 g/mol. The van der Waals surface area contributed by atoms with E-state index in [0.717, 1.165) is 35.1 Å². The lowest BCUT2D eigenvalue weighted by Gasteiger charge is -2.22. The Labute approximate surface area is 169 Å². The molecule has 1 fully saturated rings. The van der Waals surface area contributed by atoms with Gasteiger partial charge in [-0.1, -0.05) is 30.3 Å². The van der Waals surface area contributed by atoms with Crippen LogP contribution in [-0.4, -0.2) is 36.5 Å². The largest absolute Gasteiger partial charge is 0.497 e. The number of furan rings is 1. The van der Waals surface area contributed by atoms with Crippen molar-refractivity contribution < 1.29 is 23.5 Å². The van der Waals surface area contributed by atoms with Crippen molar-refractivity contribution >= 4 is 22.8 Å². The molecule has 1 amide bonds. The van der Waals surface area contributed by atoms with Crippen LogP contribution in [0.15, 0.2) is 52.9 Å². The molecule has 1 aromatic heterocycles. The molecule has 0 spiro atoms. The van der Waals surface area contributed by atoms with Crippen LogP contribution >= 0.6 is 0 Å². The minimum Gasteiger partial charge on any atom is -0.497 e. The maximum absolute atomic E-state index is 12.7. The number of aryl methyl sites for hydroxylation is 1. The molecule has 6 nitrogen and oxygen atoms in total. The van der Waals surface area contributed by atoms with Gasteiger partial charge in [0, 0.05) is 23.5 Å². The summed E-state index contributed by atoms with van der Waals surface area (Å²) in [4.78, 5) is 27.0. The second kappa shape index (κ2) is 7.99. The Kier molecular flexibility index (Phi) is 5.25. The first-order valence-electron chi connectivity index (χ1n) is 9.64. The average molecular weight is 393 g/mol. The van der Waals surface area contributed by atoms with Crippen LogP contribution in [0.5, 0.6) is 5.75 Å². The zero-order valence-corrected chi connectivity index (χ0v) is 16.5. The molecule has 1 heterocycles. The van der Waals surface area contributed by atoms with Gasteiger partial charge in [-0.15, -0.1) is 0 Å². The van der Waals surface area contributed by atoms with Gasteiger partial charge in [-0.25, -0.2) is 4.79 Å². The van der Waals surface area contributed by atoms with Gasteiger partial charge in [-0.3, -0.25) is 4.79 Å². The summed E-state index contributed by atoms with van der Waals surface area (Å²) in [6.07, 6.45) is 1.94. The van der Waals surface area contributed by atoms with Crippen molar-refractivity contribution in [3.8, 4) is 5.75 Å². The molecule has 29 heavy (non-hydrogen) atoms. The summed E-state index contributed by atoms with van der Waals surface area (Å²) in [6.45, 7) is 1.99. The van der Waals surface area contributed by atoms with Crippen LogP contribution in [0.3, 0.4) is 0 Å². The van der Waals surface area contributed by atoms with Crippen molar-refractivity contribution in [2.45, 2.75) is 32.4 Å². The van der Waals surface area contributed by atoms with Crippen LogP contribution in [0, 0.1) is 6.92 Å². The fourth-order valence-electron chi connectivity index (χ4n) is 3.38. The fourth-order valence-corrected chi connectivity index (χ4v) is 3.38. The Balaban J connectivity index is 1.41. The molecule has 0 unspecified atom stereocenters. The summed E-state index contributed by atoms with van der Waals surface area (Å²) in [5.74, 6) is 0.0954. The Bertz CT molecular complexity index is 1030. The summed E-state index contributed by atoms with van der Waals surface area (Å²) >= 11 is 0. The molecule has 0 atom stereocenters. The second-order valence-electron chi connectivity index (χ2n) is 7.23. The first-order valence-corrected chi connectivity index (χ1v) is 9.64. The van der Waals surface area contributed by atoms with E-state index in [4.69, 9.17) is 13.9 Å². The zero-order chi connectivity index (χ0) is 20.4. The lowest BCUT2D eigenvalue weighted by Crippen LogP contribution is -2.36. The third-order valence-corrected chi connectivity index (χ3v) is 5.18. The summed E-state index contributed by atoms with van der Waals surface area (Å²) in [5, 5.41) is 0.866. The summed E-state index contributed by atoms with van der Waals surface area (Å²) in [7, 11) is 1.62.